The van der Waals surface area contributed by atoms with Gasteiger partial charge in [-0.3, -0.25) is 9.48 Å². The van der Waals surface area contributed by atoms with Gasteiger partial charge in [0.25, 0.3) is 0 Å². The SMILES string of the molecule is Cc1nn(C)c(C)c1S(=O)(=O)NC1COCC1(C)C(=O)O. The number of hydrogen-bond acceptors (Lipinski definition) is 5. The molecule has 0 aliphatic carbocycles. The molecular weight excluding hydrogens is 298 g/mol. The monoisotopic (exact) mass is 317 g/mol. The Labute approximate surface area is 123 Å². The summed E-state index contributed by atoms with van der Waals surface area (Å²) >= 11 is 0. The van der Waals surface area contributed by atoms with E-state index in [-0.39, 0.29) is 18.1 Å². The van der Waals surface area contributed by atoms with E-state index >= 15 is 0 Å². The van der Waals surface area contributed by atoms with Gasteiger partial charge in [-0.15, -0.1) is 0 Å². The molecule has 2 rings (SSSR count). The summed E-state index contributed by atoms with van der Waals surface area (Å²) in [5, 5.41) is 13.4. The van der Waals surface area contributed by atoms with Crippen LogP contribution in [0, 0.1) is 19.3 Å². The van der Waals surface area contributed by atoms with Gasteiger partial charge in [-0.2, -0.15) is 5.10 Å². The molecule has 2 atom stereocenters. The third-order valence-electron chi connectivity index (χ3n) is 3.95. The fraction of sp³-hybridized carbons (Fsp3) is 0.667. The van der Waals surface area contributed by atoms with Crippen LogP contribution in [0.2, 0.25) is 0 Å². The normalized spacial score (nSPS) is 26.2. The molecule has 2 unspecified atom stereocenters. The number of nitrogens with zero attached hydrogens (tertiary/aromatic N) is 2. The number of hydrogen-bond donors (Lipinski definition) is 2. The molecule has 0 bridgehead atoms. The van der Waals surface area contributed by atoms with Gasteiger partial charge in [0.1, 0.15) is 10.3 Å². The van der Waals surface area contributed by atoms with Gasteiger partial charge >= 0.3 is 5.97 Å². The average molecular weight is 317 g/mol. The van der Waals surface area contributed by atoms with Crippen LogP contribution in [-0.4, -0.2) is 48.5 Å². The second-order valence-corrected chi connectivity index (χ2v) is 7.19. The van der Waals surface area contributed by atoms with Crippen LogP contribution >= 0.6 is 0 Å². The molecule has 1 aliphatic heterocycles. The summed E-state index contributed by atoms with van der Waals surface area (Å²) in [6.45, 7) is 4.72. The van der Waals surface area contributed by atoms with Gasteiger partial charge in [-0.05, 0) is 20.8 Å². The van der Waals surface area contributed by atoms with Crippen molar-refractivity contribution in [1.82, 2.24) is 14.5 Å². The molecule has 9 heteroatoms. The minimum absolute atomic E-state index is 0.0273. The lowest BCUT2D eigenvalue weighted by molar-refractivity contribution is -0.148. The summed E-state index contributed by atoms with van der Waals surface area (Å²) in [5.41, 5.74) is -0.411. The third kappa shape index (κ3) is 2.56. The van der Waals surface area contributed by atoms with Gasteiger partial charge in [-0.1, -0.05) is 0 Å². The molecule has 1 aliphatic rings. The number of carboxylic acid groups (broad SMARTS) is 1. The summed E-state index contributed by atoms with van der Waals surface area (Å²) in [5.74, 6) is -1.09. The van der Waals surface area contributed by atoms with Crippen molar-refractivity contribution in [1.29, 1.82) is 0 Å². The first-order valence-electron chi connectivity index (χ1n) is 6.43. The zero-order valence-corrected chi connectivity index (χ0v) is 13.2. The Bertz CT molecular complexity index is 681. The molecule has 21 heavy (non-hydrogen) atoms. The Morgan fingerprint density at radius 1 is 1.52 bits per heavy atom. The molecule has 0 radical (unpaired) electrons. The third-order valence-corrected chi connectivity index (χ3v) is 5.68. The lowest BCUT2D eigenvalue weighted by Gasteiger charge is -2.25. The van der Waals surface area contributed by atoms with Gasteiger partial charge in [0.05, 0.1) is 30.6 Å². The topological polar surface area (TPSA) is 111 Å². The predicted octanol–water partition coefficient (Wildman–Crippen LogP) is -0.195. The van der Waals surface area contributed by atoms with Gasteiger partial charge in [0, 0.05) is 7.05 Å². The maximum absolute atomic E-state index is 12.5. The lowest BCUT2D eigenvalue weighted by atomic mass is 9.86. The smallest absolute Gasteiger partial charge is 0.313 e. The minimum Gasteiger partial charge on any atom is -0.481 e. The summed E-state index contributed by atoms with van der Waals surface area (Å²) in [6.07, 6.45) is 0. The van der Waals surface area contributed by atoms with E-state index in [0.717, 1.165) is 0 Å². The van der Waals surface area contributed by atoms with Crippen LogP contribution in [0.5, 0.6) is 0 Å². The molecule has 1 saturated heterocycles. The first-order valence-corrected chi connectivity index (χ1v) is 7.91. The van der Waals surface area contributed by atoms with Crippen molar-refractivity contribution in [3.63, 3.8) is 0 Å². The molecule has 1 fully saturated rings. The predicted molar refractivity (Wildman–Crippen MR) is 73.4 cm³/mol. The number of rotatable bonds is 4. The molecule has 8 nitrogen and oxygen atoms in total. The molecule has 2 N–H and O–H groups in total. The van der Waals surface area contributed by atoms with Gasteiger partial charge in [-0.25, -0.2) is 13.1 Å². The number of aromatic nitrogens is 2. The van der Waals surface area contributed by atoms with Crippen molar-refractivity contribution in [3.8, 4) is 0 Å². The fourth-order valence-electron chi connectivity index (χ4n) is 2.44. The highest BCUT2D eigenvalue weighted by molar-refractivity contribution is 7.89. The molecule has 0 saturated carbocycles. The summed E-state index contributed by atoms with van der Waals surface area (Å²) in [4.78, 5) is 11.5. The Kier molecular flexibility index (Phi) is 3.85. The molecule has 1 aromatic rings. The first-order chi connectivity index (χ1) is 9.59. The zero-order chi connectivity index (χ0) is 16.0. The van der Waals surface area contributed by atoms with Gasteiger partial charge < -0.3 is 9.84 Å². The standard InChI is InChI=1S/C12H19N3O5S/c1-7-10(8(2)15(4)13-7)21(18,19)14-9-5-20-6-12(9,3)11(16)17/h9,14H,5-6H2,1-4H3,(H,16,17). The zero-order valence-electron chi connectivity index (χ0n) is 12.4. The van der Waals surface area contributed by atoms with Crippen molar-refractivity contribution in [2.45, 2.75) is 31.7 Å². The molecular formula is C12H19N3O5S. The van der Waals surface area contributed by atoms with E-state index < -0.39 is 27.4 Å². The number of ether oxygens (including phenoxy) is 1. The van der Waals surface area contributed by atoms with E-state index in [0.29, 0.717) is 11.4 Å². The molecule has 1 aromatic heterocycles. The Morgan fingerprint density at radius 3 is 2.62 bits per heavy atom. The molecule has 0 spiro atoms. The number of nitrogens with one attached hydrogen (secondary N) is 1. The quantitative estimate of drug-likeness (QED) is 0.796. The van der Waals surface area contributed by atoms with Gasteiger partial charge in [0.2, 0.25) is 10.0 Å². The van der Waals surface area contributed by atoms with Crippen LogP contribution in [-0.2, 0) is 26.6 Å². The maximum atomic E-state index is 12.5. The van der Waals surface area contributed by atoms with Crippen LogP contribution < -0.4 is 4.72 Å². The van der Waals surface area contributed by atoms with Crippen LogP contribution in [0.15, 0.2) is 4.90 Å². The van der Waals surface area contributed by atoms with Crippen LogP contribution in [0.1, 0.15) is 18.3 Å². The van der Waals surface area contributed by atoms with Gasteiger partial charge in [0.15, 0.2) is 0 Å². The van der Waals surface area contributed by atoms with Crippen molar-refractivity contribution in [2.75, 3.05) is 13.2 Å². The number of sulfonamides is 1. The summed E-state index contributed by atoms with van der Waals surface area (Å²) in [6, 6.07) is -0.820. The minimum atomic E-state index is -3.87. The Morgan fingerprint density at radius 2 is 2.14 bits per heavy atom. The number of carbonyl (C=O) groups is 1. The summed E-state index contributed by atoms with van der Waals surface area (Å²) < 4.78 is 34.2. The van der Waals surface area contributed by atoms with Crippen molar-refractivity contribution in [2.24, 2.45) is 12.5 Å². The lowest BCUT2D eigenvalue weighted by Crippen LogP contribution is -2.49. The van der Waals surface area contributed by atoms with E-state index in [4.69, 9.17) is 4.74 Å². The van der Waals surface area contributed by atoms with E-state index in [9.17, 15) is 18.3 Å². The van der Waals surface area contributed by atoms with E-state index in [1.165, 1.54) is 11.6 Å². The number of carboxylic acids is 1. The molecule has 118 valence electrons. The van der Waals surface area contributed by atoms with Crippen molar-refractivity contribution >= 4 is 16.0 Å². The fourth-order valence-corrected chi connectivity index (χ4v) is 4.21. The van der Waals surface area contributed by atoms with Crippen LogP contribution in [0.3, 0.4) is 0 Å². The average Bonchev–Trinajstić information content (AvgIpc) is 2.82. The number of aliphatic carboxylic acids is 1. The highest BCUT2D eigenvalue weighted by Gasteiger charge is 2.48. The second kappa shape index (κ2) is 5.08. The molecule has 0 amide bonds. The van der Waals surface area contributed by atoms with Crippen molar-refractivity contribution < 1.29 is 23.1 Å². The largest absolute Gasteiger partial charge is 0.481 e. The van der Waals surface area contributed by atoms with Crippen molar-refractivity contribution in [3.05, 3.63) is 11.4 Å². The summed E-state index contributed by atoms with van der Waals surface area (Å²) in [7, 11) is -2.21. The second-order valence-electron chi connectivity index (χ2n) is 5.54. The van der Waals surface area contributed by atoms with E-state index in [1.807, 2.05) is 0 Å². The maximum Gasteiger partial charge on any atom is 0.313 e. The highest BCUT2D eigenvalue weighted by Crippen LogP contribution is 2.30. The highest BCUT2D eigenvalue weighted by atomic mass is 32.2. The molecule has 0 aromatic carbocycles. The van der Waals surface area contributed by atoms with Crippen LogP contribution in [0.4, 0.5) is 0 Å². The molecule has 2 heterocycles. The number of aryl methyl sites for hydroxylation is 2. The van der Waals surface area contributed by atoms with E-state index in [1.54, 1.807) is 20.9 Å². The van der Waals surface area contributed by atoms with Crippen LogP contribution in [0.25, 0.3) is 0 Å². The Hall–Kier alpha value is -1.45. The first kappa shape index (κ1) is 15.9. The van der Waals surface area contributed by atoms with E-state index in [2.05, 4.69) is 9.82 Å². The Balaban J connectivity index is 2.36.